The van der Waals surface area contributed by atoms with Crippen LogP contribution in [0.3, 0.4) is 0 Å². The van der Waals surface area contributed by atoms with Gasteiger partial charge >= 0.3 is 0 Å². The molecule has 0 spiro atoms. The quantitative estimate of drug-likeness (QED) is 0.709. The van der Waals surface area contributed by atoms with E-state index in [9.17, 15) is 0 Å². The van der Waals surface area contributed by atoms with Crippen LogP contribution in [-0.4, -0.2) is 24.7 Å². The standard InChI is InChI=1S/C19H20N2O2/c1-4-20-11-12-21(13(20)2)18-17(22-3)10-9-15-14-7-5-6-8-16(14)23-19(15)18/h5-13H,4H2,1-3H3/t13-/m0/s1. The number of methoxy groups -OCH3 is 1. The van der Waals surface area contributed by atoms with Crippen LogP contribution < -0.4 is 9.64 Å². The van der Waals surface area contributed by atoms with E-state index in [1.165, 1.54) is 0 Å². The Bertz CT molecular complexity index is 897. The summed E-state index contributed by atoms with van der Waals surface area (Å²) < 4.78 is 11.8. The van der Waals surface area contributed by atoms with Crippen molar-refractivity contribution in [1.82, 2.24) is 4.90 Å². The molecule has 3 aromatic rings. The number of hydrogen-bond donors (Lipinski definition) is 0. The zero-order valence-electron chi connectivity index (χ0n) is 13.6. The molecule has 1 aromatic heterocycles. The van der Waals surface area contributed by atoms with Crippen molar-refractivity contribution in [2.24, 2.45) is 0 Å². The molecular formula is C19H20N2O2. The lowest BCUT2D eigenvalue weighted by Crippen LogP contribution is -2.35. The molecule has 4 heteroatoms. The van der Waals surface area contributed by atoms with E-state index < -0.39 is 0 Å². The lowest BCUT2D eigenvalue weighted by atomic mass is 10.1. The summed E-state index contributed by atoms with van der Waals surface area (Å²) in [6.45, 7) is 5.31. The summed E-state index contributed by atoms with van der Waals surface area (Å²) in [5.74, 6) is 0.825. The number of rotatable bonds is 3. The summed E-state index contributed by atoms with van der Waals surface area (Å²) in [6.07, 6.45) is 4.44. The van der Waals surface area contributed by atoms with Crippen LogP contribution in [0.2, 0.25) is 0 Å². The van der Waals surface area contributed by atoms with Gasteiger partial charge < -0.3 is 19.0 Å². The molecule has 0 radical (unpaired) electrons. The first-order valence-corrected chi connectivity index (χ1v) is 7.95. The predicted octanol–water partition coefficient (Wildman–Crippen LogP) is 4.55. The number of para-hydroxylation sites is 1. The Morgan fingerprint density at radius 3 is 2.65 bits per heavy atom. The van der Waals surface area contributed by atoms with Gasteiger partial charge in [0.05, 0.1) is 7.11 Å². The molecule has 0 N–H and O–H groups in total. The van der Waals surface area contributed by atoms with Crippen LogP contribution in [0.4, 0.5) is 5.69 Å². The van der Waals surface area contributed by atoms with Crippen molar-refractivity contribution in [3.8, 4) is 5.75 Å². The first-order valence-electron chi connectivity index (χ1n) is 7.95. The van der Waals surface area contributed by atoms with E-state index in [0.29, 0.717) is 0 Å². The molecule has 1 atom stereocenters. The van der Waals surface area contributed by atoms with E-state index in [1.807, 2.05) is 24.3 Å². The van der Waals surface area contributed by atoms with Gasteiger partial charge in [-0.2, -0.15) is 0 Å². The zero-order chi connectivity index (χ0) is 16.0. The summed E-state index contributed by atoms with van der Waals surface area (Å²) >= 11 is 0. The molecule has 0 unspecified atom stereocenters. The van der Waals surface area contributed by atoms with E-state index in [-0.39, 0.29) is 6.17 Å². The van der Waals surface area contributed by atoms with Crippen molar-refractivity contribution >= 4 is 27.6 Å². The molecular weight excluding hydrogens is 288 g/mol. The SMILES string of the molecule is CCN1C=CN(c2c(OC)ccc3c2oc2ccccc23)[C@H]1C. The van der Waals surface area contributed by atoms with Crippen LogP contribution in [0.15, 0.2) is 53.2 Å². The number of benzene rings is 2. The molecule has 118 valence electrons. The fourth-order valence-electron chi connectivity index (χ4n) is 3.36. The Morgan fingerprint density at radius 1 is 1.09 bits per heavy atom. The third-order valence-electron chi connectivity index (χ3n) is 4.63. The molecule has 0 bridgehead atoms. The van der Waals surface area contributed by atoms with Crippen LogP contribution in [0.25, 0.3) is 21.9 Å². The number of furan rings is 1. The summed E-state index contributed by atoms with van der Waals surface area (Å²) in [6, 6.07) is 12.2. The predicted molar refractivity (Wildman–Crippen MR) is 93.7 cm³/mol. The van der Waals surface area contributed by atoms with Gasteiger partial charge in [0, 0.05) is 29.7 Å². The van der Waals surface area contributed by atoms with Gasteiger partial charge in [-0.25, -0.2) is 0 Å². The monoisotopic (exact) mass is 308 g/mol. The average molecular weight is 308 g/mol. The van der Waals surface area contributed by atoms with Crippen LogP contribution in [0, 0.1) is 0 Å². The minimum Gasteiger partial charge on any atom is -0.494 e. The molecule has 2 aromatic carbocycles. The minimum atomic E-state index is 0.229. The van der Waals surface area contributed by atoms with Crippen LogP contribution in [-0.2, 0) is 0 Å². The number of fused-ring (bicyclic) bond motifs is 3. The maximum Gasteiger partial charge on any atom is 0.162 e. The summed E-state index contributed by atoms with van der Waals surface area (Å²) in [5.41, 5.74) is 2.76. The Balaban J connectivity index is 1.98. The fraction of sp³-hybridized carbons (Fsp3) is 0.263. The van der Waals surface area contributed by atoms with Crippen LogP contribution in [0.5, 0.6) is 5.75 Å². The fourth-order valence-corrected chi connectivity index (χ4v) is 3.36. The lowest BCUT2D eigenvalue weighted by molar-refractivity contribution is 0.332. The Hall–Kier alpha value is -2.62. The smallest absolute Gasteiger partial charge is 0.162 e. The second kappa shape index (κ2) is 5.23. The molecule has 4 nitrogen and oxygen atoms in total. The number of nitrogens with zero attached hydrogens (tertiary/aromatic N) is 2. The number of anilines is 1. The highest BCUT2D eigenvalue weighted by Crippen LogP contribution is 2.43. The second-order valence-electron chi connectivity index (χ2n) is 5.76. The van der Waals surface area contributed by atoms with Crippen molar-refractivity contribution in [3.05, 3.63) is 48.8 Å². The topological polar surface area (TPSA) is 28.9 Å². The summed E-state index contributed by atoms with van der Waals surface area (Å²) in [5, 5.41) is 2.25. The van der Waals surface area contributed by atoms with Gasteiger partial charge in [-0.1, -0.05) is 18.2 Å². The molecule has 2 heterocycles. The highest BCUT2D eigenvalue weighted by Gasteiger charge is 2.28. The van der Waals surface area contributed by atoms with Gasteiger partial charge in [0.1, 0.15) is 23.2 Å². The molecule has 0 amide bonds. The lowest BCUT2D eigenvalue weighted by Gasteiger charge is -2.29. The maximum absolute atomic E-state index is 6.18. The number of hydrogen-bond acceptors (Lipinski definition) is 4. The second-order valence-corrected chi connectivity index (χ2v) is 5.76. The van der Waals surface area contributed by atoms with E-state index in [4.69, 9.17) is 9.15 Å². The Kier molecular flexibility index (Phi) is 3.18. The highest BCUT2D eigenvalue weighted by atomic mass is 16.5. The molecule has 0 aliphatic carbocycles. The van der Waals surface area contributed by atoms with Crippen molar-refractivity contribution < 1.29 is 9.15 Å². The largest absolute Gasteiger partial charge is 0.494 e. The third-order valence-corrected chi connectivity index (χ3v) is 4.63. The van der Waals surface area contributed by atoms with Gasteiger partial charge in [-0.15, -0.1) is 0 Å². The first-order chi connectivity index (χ1) is 11.2. The van der Waals surface area contributed by atoms with Crippen molar-refractivity contribution in [1.29, 1.82) is 0 Å². The van der Waals surface area contributed by atoms with Gasteiger partial charge in [-0.3, -0.25) is 0 Å². The van der Waals surface area contributed by atoms with Crippen LogP contribution in [0.1, 0.15) is 13.8 Å². The van der Waals surface area contributed by atoms with Gasteiger partial charge in [0.15, 0.2) is 5.58 Å². The zero-order valence-corrected chi connectivity index (χ0v) is 13.6. The molecule has 0 fully saturated rings. The van der Waals surface area contributed by atoms with Gasteiger partial charge in [-0.05, 0) is 32.0 Å². The van der Waals surface area contributed by atoms with E-state index >= 15 is 0 Å². The first kappa shape index (κ1) is 14.0. The summed E-state index contributed by atoms with van der Waals surface area (Å²) in [7, 11) is 1.70. The van der Waals surface area contributed by atoms with E-state index in [0.717, 1.165) is 39.9 Å². The average Bonchev–Trinajstić information content (AvgIpc) is 3.14. The maximum atomic E-state index is 6.18. The van der Waals surface area contributed by atoms with Gasteiger partial charge in [0.25, 0.3) is 0 Å². The molecule has 0 saturated carbocycles. The van der Waals surface area contributed by atoms with E-state index in [1.54, 1.807) is 7.11 Å². The normalized spacial score (nSPS) is 17.6. The molecule has 23 heavy (non-hydrogen) atoms. The highest BCUT2D eigenvalue weighted by molar-refractivity contribution is 6.10. The Labute approximate surface area is 135 Å². The van der Waals surface area contributed by atoms with E-state index in [2.05, 4.69) is 48.2 Å². The number of ether oxygens (including phenoxy) is 1. The molecule has 1 aliphatic rings. The van der Waals surface area contributed by atoms with Crippen molar-refractivity contribution in [2.45, 2.75) is 20.0 Å². The molecule has 4 rings (SSSR count). The van der Waals surface area contributed by atoms with Gasteiger partial charge in [0.2, 0.25) is 0 Å². The molecule has 0 saturated heterocycles. The molecule has 1 aliphatic heterocycles. The van der Waals surface area contributed by atoms with Crippen molar-refractivity contribution in [2.75, 3.05) is 18.6 Å². The Morgan fingerprint density at radius 2 is 1.91 bits per heavy atom. The summed E-state index contributed by atoms with van der Waals surface area (Å²) in [4.78, 5) is 4.49. The van der Waals surface area contributed by atoms with Crippen LogP contribution >= 0.6 is 0 Å². The minimum absolute atomic E-state index is 0.229. The van der Waals surface area contributed by atoms with Crippen molar-refractivity contribution in [3.63, 3.8) is 0 Å². The third kappa shape index (κ3) is 1.98.